The number of para-hydroxylation sites is 1. The van der Waals surface area contributed by atoms with E-state index in [2.05, 4.69) is 10.6 Å². The Labute approximate surface area is 236 Å². The molecule has 0 aliphatic rings. The van der Waals surface area contributed by atoms with Crippen LogP contribution in [-0.2, 0) is 19.1 Å². The third-order valence-corrected chi connectivity index (χ3v) is 6.16. The van der Waals surface area contributed by atoms with Crippen LogP contribution in [0.3, 0.4) is 0 Å². The van der Waals surface area contributed by atoms with Crippen LogP contribution in [0.25, 0.3) is 0 Å². The number of hydrogen-bond donors (Lipinski definition) is 4. The summed E-state index contributed by atoms with van der Waals surface area (Å²) in [6.45, 7) is 10.9. The lowest BCUT2D eigenvalue weighted by Crippen LogP contribution is -2.53. The van der Waals surface area contributed by atoms with Crippen LogP contribution in [0.4, 0.5) is 10.5 Å². The number of aryl methyl sites for hydroxylation is 2. The monoisotopic (exact) mass is 554 g/mol. The summed E-state index contributed by atoms with van der Waals surface area (Å²) in [5.74, 6) is -2.07. The minimum Gasteiger partial charge on any atom is -0.508 e. The second-order valence-electron chi connectivity index (χ2n) is 10.9. The molecule has 0 heterocycles. The SMILES string of the molecule is CCCCCN(C(=O)C(CC(N)=O)NC(=O)OC(C)(C)C)C(C(=O)Nc1c(C)cccc1C)c1cccc(O)c1. The molecule has 0 saturated heterocycles. The second kappa shape index (κ2) is 14.3. The summed E-state index contributed by atoms with van der Waals surface area (Å²) in [6.07, 6.45) is 0.801. The number of hydrogen-bond acceptors (Lipinski definition) is 6. The number of nitrogens with zero attached hydrogens (tertiary/aromatic N) is 1. The van der Waals surface area contributed by atoms with Gasteiger partial charge in [0.15, 0.2) is 0 Å². The quantitative estimate of drug-likeness (QED) is 0.284. The largest absolute Gasteiger partial charge is 0.508 e. The molecule has 0 radical (unpaired) electrons. The van der Waals surface area contributed by atoms with Crippen LogP contribution in [0.1, 0.15) is 76.1 Å². The zero-order valence-corrected chi connectivity index (χ0v) is 24.2. The first kappa shape index (κ1) is 32.1. The fourth-order valence-electron chi connectivity index (χ4n) is 4.32. The lowest BCUT2D eigenvalue weighted by Gasteiger charge is -2.34. The van der Waals surface area contributed by atoms with Crippen molar-refractivity contribution in [2.45, 2.75) is 84.9 Å². The Morgan fingerprint density at radius 2 is 1.65 bits per heavy atom. The van der Waals surface area contributed by atoms with E-state index in [4.69, 9.17) is 10.5 Å². The number of primary amides is 1. The third-order valence-electron chi connectivity index (χ3n) is 6.16. The van der Waals surface area contributed by atoms with Crippen molar-refractivity contribution in [1.29, 1.82) is 0 Å². The fourth-order valence-corrected chi connectivity index (χ4v) is 4.32. The summed E-state index contributed by atoms with van der Waals surface area (Å²) >= 11 is 0. The Hall–Kier alpha value is -4.08. The van der Waals surface area contributed by atoms with E-state index in [9.17, 15) is 24.3 Å². The predicted octanol–water partition coefficient (Wildman–Crippen LogP) is 4.48. The Bertz CT molecular complexity index is 1190. The number of nitrogens with two attached hydrogens (primary N) is 1. The molecular weight excluding hydrogens is 512 g/mol. The van der Waals surface area contributed by atoms with Crippen molar-refractivity contribution < 1.29 is 29.0 Å². The molecule has 0 aliphatic carbocycles. The standard InChI is InChI=1S/C30H42N4O6/c1-7-8-9-16-34(28(38)23(18-24(31)36)32-29(39)40-30(4,5)6)26(21-14-11-15-22(35)17-21)27(37)33-25-19(2)12-10-13-20(25)3/h10-15,17,23,26,35H,7-9,16,18H2,1-6H3,(H2,31,36)(H,32,39)(H,33,37). The first-order valence-corrected chi connectivity index (χ1v) is 13.5. The first-order chi connectivity index (χ1) is 18.7. The molecule has 4 amide bonds. The summed E-state index contributed by atoms with van der Waals surface area (Å²) in [6, 6.07) is 9.15. The van der Waals surface area contributed by atoms with E-state index < -0.39 is 47.9 Å². The van der Waals surface area contributed by atoms with E-state index in [1.165, 1.54) is 17.0 Å². The Balaban J connectivity index is 2.59. The van der Waals surface area contributed by atoms with Crippen LogP contribution in [-0.4, -0.2) is 52.0 Å². The highest BCUT2D eigenvalue weighted by Gasteiger charge is 2.37. The second-order valence-corrected chi connectivity index (χ2v) is 10.9. The maximum absolute atomic E-state index is 14.1. The predicted molar refractivity (Wildman–Crippen MR) is 154 cm³/mol. The minimum atomic E-state index is -1.37. The molecule has 0 saturated carbocycles. The molecule has 218 valence electrons. The number of aromatic hydroxyl groups is 1. The molecule has 40 heavy (non-hydrogen) atoms. The lowest BCUT2D eigenvalue weighted by atomic mass is 10.00. The number of unbranched alkanes of at least 4 members (excludes halogenated alkanes) is 2. The van der Waals surface area contributed by atoms with Crippen molar-refractivity contribution in [3.8, 4) is 5.75 Å². The van der Waals surface area contributed by atoms with Crippen LogP contribution in [0.15, 0.2) is 42.5 Å². The topological polar surface area (TPSA) is 151 Å². The number of nitrogens with one attached hydrogen (secondary N) is 2. The van der Waals surface area contributed by atoms with Crippen molar-refractivity contribution in [3.05, 3.63) is 59.2 Å². The molecule has 10 heteroatoms. The summed E-state index contributed by atoms with van der Waals surface area (Å²) in [5.41, 5.74) is 7.25. The van der Waals surface area contributed by atoms with Crippen molar-refractivity contribution in [3.63, 3.8) is 0 Å². The number of phenols is 1. The van der Waals surface area contributed by atoms with Crippen LogP contribution in [0.2, 0.25) is 0 Å². The molecule has 0 fully saturated rings. The molecule has 2 aromatic carbocycles. The average Bonchev–Trinajstić information content (AvgIpc) is 2.83. The van der Waals surface area contributed by atoms with Gasteiger partial charge in [0.2, 0.25) is 11.8 Å². The summed E-state index contributed by atoms with van der Waals surface area (Å²) in [4.78, 5) is 53.9. The molecule has 5 N–H and O–H groups in total. The number of carbonyl (C=O) groups excluding carboxylic acids is 4. The zero-order chi connectivity index (χ0) is 30.0. The van der Waals surface area contributed by atoms with Gasteiger partial charge >= 0.3 is 6.09 Å². The number of phenolic OH excluding ortho intramolecular Hbond substituents is 1. The smallest absolute Gasteiger partial charge is 0.408 e. The van der Waals surface area contributed by atoms with E-state index in [-0.39, 0.29) is 12.3 Å². The van der Waals surface area contributed by atoms with Gasteiger partial charge < -0.3 is 31.1 Å². The van der Waals surface area contributed by atoms with Crippen LogP contribution in [0, 0.1) is 13.8 Å². The van der Waals surface area contributed by atoms with Crippen LogP contribution < -0.4 is 16.4 Å². The van der Waals surface area contributed by atoms with Crippen molar-refractivity contribution in [2.24, 2.45) is 5.73 Å². The van der Waals surface area contributed by atoms with Crippen LogP contribution in [0.5, 0.6) is 5.75 Å². The van der Waals surface area contributed by atoms with Crippen LogP contribution >= 0.6 is 0 Å². The number of amides is 4. The van der Waals surface area contributed by atoms with E-state index in [1.807, 2.05) is 39.0 Å². The van der Waals surface area contributed by atoms with Gasteiger partial charge in [-0.2, -0.15) is 0 Å². The van der Waals surface area contributed by atoms with E-state index in [1.54, 1.807) is 32.9 Å². The molecule has 2 unspecified atom stereocenters. The fraction of sp³-hybridized carbons (Fsp3) is 0.467. The number of anilines is 1. The number of carbonyl (C=O) groups is 4. The molecule has 0 aromatic heterocycles. The normalized spacial score (nSPS) is 12.7. The van der Waals surface area contributed by atoms with Gasteiger partial charge in [-0.1, -0.05) is 50.1 Å². The van der Waals surface area contributed by atoms with Gasteiger partial charge in [-0.15, -0.1) is 0 Å². The minimum absolute atomic E-state index is 0.0797. The summed E-state index contributed by atoms with van der Waals surface area (Å²) in [7, 11) is 0. The van der Waals surface area contributed by atoms with Gasteiger partial charge in [0.1, 0.15) is 23.4 Å². The average molecular weight is 555 g/mol. The van der Waals surface area contributed by atoms with Gasteiger partial charge in [-0.25, -0.2) is 4.79 Å². The van der Waals surface area contributed by atoms with Crippen molar-refractivity contribution in [2.75, 3.05) is 11.9 Å². The lowest BCUT2D eigenvalue weighted by molar-refractivity contribution is -0.142. The third kappa shape index (κ3) is 9.59. The maximum Gasteiger partial charge on any atom is 0.408 e. The number of rotatable bonds is 12. The zero-order valence-electron chi connectivity index (χ0n) is 24.2. The molecule has 10 nitrogen and oxygen atoms in total. The molecule has 0 spiro atoms. The molecule has 0 aliphatic heterocycles. The highest BCUT2D eigenvalue weighted by molar-refractivity contribution is 6.00. The van der Waals surface area contributed by atoms with Gasteiger partial charge in [0, 0.05) is 12.2 Å². The Kier molecular flexibility index (Phi) is 11.5. The molecular formula is C30H42N4O6. The summed E-state index contributed by atoms with van der Waals surface area (Å²) in [5, 5.41) is 15.7. The van der Waals surface area contributed by atoms with Gasteiger partial charge in [-0.3, -0.25) is 14.4 Å². The maximum atomic E-state index is 14.1. The van der Waals surface area contributed by atoms with E-state index >= 15 is 0 Å². The molecule has 2 rings (SSSR count). The first-order valence-electron chi connectivity index (χ1n) is 13.5. The van der Waals surface area contributed by atoms with Gasteiger partial charge in [0.25, 0.3) is 5.91 Å². The molecule has 2 atom stereocenters. The van der Waals surface area contributed by atoms with E-state index in [0.29, 0.717) is 17.7 Å². The highest BCUT2D eigenvalue weighted by Crippen LogP contribution is 2.29. The summed E-state index contributed by atoms with van der Waals surface area (Å²) < 4.78 is 5.31. The van der Waals surface area contributed by atoms with E-state index in [0.717, 1.165) is 24.0 Å². The number of alkyl carbamates (subject to hydrolysis) is 1. The Morgan fingerprint density at radius 1 is 1.02 bits per heavy atom. The van der Waals surface area contributed by atoms with Crippen molar-refractivity contribution in [1.82, 2.24) is 10.2 Å². The van der Waals surface area contributed by atoms with Crippen molar-refractivity contribution >= 4 is 29.5 Å². The van der Waals surface area contributed by atoms with Gasteiger partial charge in [0.05, 0.1) is 6.42 Å². The van der Waals surface area contributed by atoms with Gasteiger partial charge in [-0.05, 0) is 69.9 Å². The highest BCUT2D eigenvalue weighted by atomic mass is 16.6. The Morgan fingerprint density at radius 3 is 2.20 bits per heavy atom. The number of ether oxygens (including phenoxy) is 1. The molecule has 2 aromatic rings. The molecule has 0 bridgehead atoms. The number of benzene rings is 2.